The summed E-state index contributed by atoms with van der Waals surface area (Å²) in [5, 5.41) is 2.97. The van der Waals surface area contributed by atoms with Gasteiger partial charge in [-0.2, -0.15) is 0 Å². The van der Waals surface area contributed by atoms with Gasteiger partial charge < -0.3 is 14.8 Å². The summed E-state index contributed by atoms with van der Waals surface area (Å²) in [4.78, 5) is 23.7. The largest absolute Gasteiger partial charge is 0.497 e. The van der Waals surface area contributed by atoms with E-state index in [-0.39, 0.29) is 23.8 Å². The van der Waals surface area contributed by atoms with Gasteiger partial charge in [0.1, 0.15) is 11.4 Å². The molecule has 2 atom stereocenters. The van der Waals surface area contributed by atoms with Gasteiger partial charge in [0, 0.05) is 24.8 Å². The molecule has 0 bridgehead atoms. The molecule has 0 saturated carbocycles. The van der Waals surface area contributed by atoms with Gasteiger partial charge in [0.2, 0.25) is 5.91 Å². The Morgan fingerprint density at radius 2 is 1.91 bits per heavy atom. The van der Waals surface area contributed by atoms with Gasteiger partial charge in [0.05, 0.1) is 7.11 Å². The molecule has 0 aliphatic carbocycles. The van der Waals surface area contributed by atoms with Crippen LogP contribution in [0.5, 0.6) is 5.75 Å². The Kier molecular flexibility index (Phi) is 5.29. The van der Waals surface area contributed by atoms with E-state index in [9.17, 15) is 9.59 Å². The summed E-state index contributed by atoms with van der Waals surface area (Å²) in [6, 6.07) is 7.70. The third kappa shape index (κ3) is 4.98. The van der Waals surface area contributed by atoms with Crippen molar-refractivity contribution in [3.05, 3.63) is 29.8 Å². The maximum absolute atomic E-state index is 11.9. The van der Waals surface area contributed by atoms with E-state index in [1.54, 1.807) is 7.11 Å². The number of ether oxygens (including phenoxy) is 2. The van der Waals surface area contributed by atoms with Crippen molar-refractivity contribution in [1.29, 1.82) is 0 Å². The van der Waals surface area contributed by atoms with Crippen LogP contribution >= 0.6 is 0 Å². The van der Waals surface area contributed by atoms with E-state index < -0.39 is 5.60 Å². The zero-order valence-corrected chi connectivity index (χ0v) is 14.2. The van der Waals surface area contributed by atoms with Crippen LogP contribution in [0.1, 0.15) is 51.5 Å². The average molecular weight is 319 g/mol. The highest BCUT2D eigenvalue weighted by Gasteiger charge is 2.33. The van der Waals surface area contributed by atoms with Gasteiger partial charge in [-0.05, 0) is 44.9 Å². The molecule has 1 saturated heterocycles. The number of rotatable bonds is 5. The summed E-state index contributed by atoms with van der Waals surface area (Å²) in [7, 11) is 1.62. The van der Waals surface area contributed by atoms with Gasteiger partial charge in [-0.1, -0.05) is 12.1 Å². The van der Waals surface area contributed by atoms with Crippen molar-refractivity contribution in [2.45, 2.75) is 57.6 Å². The summed E-state index contributed by atoms with van der Waals surface area (Å²) in [5.74, 6) is 0.666. The molecule has 1 heterocycles. The van der Waals surface area contributed by atoms with Crippen LogP contribution in [0, 0.1) is 0 Å². The van der Waals surface area contributed by atoms with Gasteiger partial charge in [0.25, 0.3) is 0 Å². The highest BCUT2D eigenvalue weighted by molar-refractivity contribution is 5.80. The lowest BCUT2D eigenvalue weighted by Gasteiger charge is -2.22. The van der Waals surface area contributed by atoms with Crippen molar-refractivity contribution in [1.82, 2.24) is 5.32 Å². The van der Waals surface area contributed by atoms with Gasteiger partial charge in [-0.3, -0.25) is 9.59 Å². The van der Waals surface area contributed by atoms with Crippen LogP contribution in [0.25, 0.3) is 0 Å². The second kappa shape index (κ2) is 7.02. The quantitative estimate of drug-likeness (QED) is 0.848. The van der Waals surface area contributed by atoms with Crippen molar-refractivity contribution < 1.29 is 19.1 Å². The fourth-order valence-electron chi connectivity index (χ4n) is 2.85. The number of hydrogen-bond acceptors (Lipinski definition) is 4. The van der Waals surface area contributed by atoms with Gasteiger partial charge in [-0.15, -0.1) is 0 Å². The Bertz CT molecular complexity index is 559. The van der Waals surface area contributed by atoms with Crippen molar-refractivity contribution in [3.63, 3.8) is 0 Å². The van der Waals surface area contributed by atoms with Crippen molar-refractivity contribution in [2.24, 2.45) is 0 Å². The van der Waals surface area contributed by atoms with E-state index in [2.05, 4.69) is 5.32 Å². The molecule has 0 radical (unpaired) electrons. The minimum absolute atomic E-state index is 0.0278. The normalized spacial score (nSPS) is 21.0. The molecule has 1 aliphatic heterocycles. The van der Waals surface area contributed by atoms with Crippen LogP contribution in [-0.4, -0.2) is 30.6 Å². The van der Waals surface area contributed by atoms with Crippen molar-refractivity contribution >= 4 is 11.9 Å². The Morgan fingerprint density at radius 1 is 1.26 bits per heavy atom. The predicted molar refractivity (Wildman–Crippen MR) is 87.4 cm³/mol. The molecule has 1 aliphatic rings. The second-order valence-corrected chi connectivity index (χ2v) is 6.88. The number of carbonyl (C=O) groups is 2. The van der Waals surface area contributed by atoms with E-state index in [4.69, 9.17) is 9.47 Å². The molecule has 1 amide bonds. The molecule has 1 N–H and O–H groups in total. The van der Waals surface area contributed by atoms with E-state index in [1.165, 1.54) is 0 Å². The summed E-state index contributed by atoms with van der Waals surface area (Å²) < 4.78 is 10.5. The molecule has 0 aromatic heterocycles. The SMILES string of the molecule is COc1ccc(C2CC(=O)NC2CCC(=O)OC(C)(C)C)cc1. The summed E-state index contributed by atoms with van der Waals surface area (Å²) in [6.45, 7) is 5.55. The lowest BCUT2D eigenvalue weighted by molar-refractivity contribution is -0.155. The Morgan fingerprint density at radius 3 is 2.48 bits per heavy atom. The standard InChI is InChI=1S/C18H25NO4/c1-18(2,3)23-17(21)10-9-15-14(11-16(20)19-15)12-5-7-13(22-4)8-6-12/h5-8,14-15H,9-11H2,1-4H3,(H,19,20). The smallest absolute Gasteiger partial charge is 0.306 e. The van der Waals surface area contributed by atoms with Crippen LogP contribution in [0.4, 0.5) is 0 Å². The second-order valence-electron chi connectivity index (χ2n) is 6.88. The van der Waals surface area contributed by atoms with Gasteiger partial charge in [0.15, 0.2) is 0 Å². The van der Waals surface area contributed by atoms with Crippen LogP contribution in [0.15, 0.2) is 24.3 Å². The van der Waals surface area contributed by atoms with Gasteiger partial charge in [-0.25, -0.2) is 0 Å². The Hall–Kier alpha value is -2.04. The molecule has 1 aromatic carbocycles. The van der Waals surface area contributed by atoms with E-state index in [0.29, 0.717) is 19.3 Å². The van der Waals surface area contributed by atoms with Crippen molar-refractivity contribution in [2.75, 3.05) is 7.11 Å². The van der Waals surface area contributed by atoms with Crippen LogP contribution in [-0.2, 0) is 14.3 Å². The number of amides is 1. The summed E-state index contributed by atoms with van der Waals surface area (Å²) in [6.07, 6.45) is 1.33. The first-order valence-corrected chi connectivity index (χ1v) is 7.93. The van der Waals surface area contributed by atoms with E-state index in [1.807, 2.05) is 45.0 Å². The first-order chi connectivity index (χ1) is 10.8. The number of nitrogens with one attached hydrogen (secondary N) is 1. The van der Waals surface area contributed by atoms with Gasteiger partial charge >= 0.3 is 5.97 Å². The zero-order valence-electron chi connectivity index (χ0n) is 14.2. The third-order valence-corrected chi connectivity index (χ3v) is 3.86. The molecule has 126 valence electrons. The minimum Gasteiger partial charge on any atom is -0.497 e. The topological polar surface area (TPSA) is 64.6 Å². The highest BCUT2D eigenvalue weighted by atomic mass is 16.6. The van der Waals surface area contributed by atoms with Crippen LogP contribution in [0.3, 0.4) is 0 Å². The summed E-state index contributed by atoms with van der Waals surface area (Å²) >= 11 is 0. The minimum atomic E-state index is -0.481. The maximum atomic E-state index is 11.9. The Balaban J connectivity index is 1.99. The number of carbonyl (C=O) groups excluding carboxylic acids is 2. The number of methoxy groups -OCH3 is 1. The molecule has 5 nitrogen and oxygen atoms in total. The van der Waals surface area contributed by atoms with E-state index >= 15 is 0 Å². The molecule has 2 rings (SSSR count). The fraction of sp³-hybridized carbons (Fsp3) is 0.556. The fourth-order valence-corrected chi connectivity index (χ4v) is 2.85. The number of hydrogen-bond donors (Lipinski definition) is 1. The molecule has 23 heavy (non-hydrogen) atoms. The first-order valence-electron chi connectivity index (χ1n) is 7.93. The Labute approximate surface area is 137 Å². The lowest BCUT2D eigenvalue weighted by atomic mass is 9.89. The predicted octanol–water partition coefficient (Wildman–Crippen LogP) is 2.79. The molecule has 1 aromatic rings. The molecular weight excluding hydrogens is 294 g/mol. The molecule has 2 unspecified atom stereocenters. The maximum Gasteiger partial charge on any atom is 0.306 e. The molecular formula is C18H25NO4. The third-order valence-electron chi connectivity index (χ3n) is 3.86. The van der Waals surface area contributed by atoms with Crippen LogP contribution in [0.2, 0.25) is 0 Å². The number of esters is 1. The van der Waals surface area contributed by atoms with Crippen molar-refractivity contribution in [3.8, 4) is 5.75 Å². The molecule has 1 fully saturated rings. The highest BCUT2D eigenvalue weighted by Crippen LogP contribution is 2.32. The molecule has 5 heteroatoms. The van der Waals surface area contributed by atoms with E-state index in [0.717, 1.165) is 11.3 Å². The van der Waals surface area contributed by atoms with Crippen LogP contribution < -0.4 is 10.1 Å². The zero-order chi connectivity index (χ0) is 17.0. The monoisotopic (exact) mass is 319 g/mol. The molecule has 0 spiro atoms. The number of benzene rings is 1. The average Bonchev–Trinajstić information content (AvgIpc) is 2.84. The lowest BCUT2D eigenvalue weighted by Crippen LogP contribution is -2.30. The first kappa shape index (κ1) is 17.3. The summed E-state index contributed by atoms with van der Waals surface area (Å²) in [5.41, 5.74) is 0.601.